The molecule has 1 saturated heterocycles. The minimum absolute atomic E-state index is 0.107. The van der Waals surface area contributed by atoms with Gasteiger partial charge in [0, 0.05) is 18.7 Å². The first-order valence-corrected chi connectivity index (χ1v) is 5.90. The van der Waals surface area contributed by atoms with Gasteiger partial charge in [0.05, 0.1) is 0 Å². The first-order valence-electron chi connectivity index (χ1n) is 5.90. The van der Waals surface area contributed by atoms with Gasteiger partial charge in [-0.1, -0.05) is 0 Å². The van der Waals surface area contributed by atoms with Crippen LogP contribution in [0.2, 0.25) is 0 Å². The number of amides is 1. The van der Waals surface area contributed by atoms with Gasteiger partial charge in [0.1, 0.15) is 5.60 Å². The summed E-state index contributed by atoms with van der Waals surface area (Å²) in [7, 11) is 0. The van der Waals surface area contributed by atoms with Gasteiger partial charge in [-0.2, -0.15) is 0 Å². The molecule has 4 nitrogen and oxygen atoms in total. The van der Waals surface area contributed by atoms with Gasteiger partial charge < -0.3 is 14.7 Å². The number of likely N-dealkylation sites (tertiary alicyclic amines) is 1. The van der Waals surface area contributed by atoms with Crippen LogP contribution in [0, 0.1) is 0 Å². The SMILES string of the molecule is CC(C)(C)OC(=O)N1CCCC1(C)CCO. The number of nitrogens with zero attached hydrogens (tertiary/aromatic N) is 1. The molecular weight excluding hydrogens is 206 g/mol. The van der Waals surface area contributed by atoms with Crippen LogP contribution in [-0.2, 0) is 4.74 Å². The van der Waals surface area contributed by atoms with Crippen LogP contribution in [0.1, 0.15) is 47.0 Å². The minimum atomic E-state index is -0.459. The molecule has 1 rings (SSSR count). The second-order valence-corrected chi connectivity index (χ2v) is 5.71. The topological polar surface area (TPSA) is 49.8 Å². The number of hydrogen-bond acceptors (Lipinski definition) is 3. The van der Waals surface area contributed by atoms with E-state index >= 15 is 0 Å². The third-order valence-electron chi connectivity index (χ3n) is 3.01. The third kappa shape index (κ3) is 3.11. The normalized spacial score (nSPS) is 25.9. The molecule has 1 unspecified atom stereocenters. The lowest BCUT2D eigenvalue weighted by Gasteiger charge is -2.36. The number of carbonyl (C=O) groups is 1. The van der Waals surface area contributed by atoms with Crippen molar-refractivity contribution >= 4 is 6.09 Å². The van der Waals surface area contributed by atoms with Crippen molar-refractivity contribution in [2.45, 2.75) is 58.1 Å². The van der Waals surface area contributed by atoms with Crippen molar-refractivity contribution in [1.82, 2.24) is 4.90 Å². The maximum atomic E-state index is 12.0. The van der Waals surface area contributed by atoms with Crippen LogP contribution < -0.4 is 0 Å². The van der Waals surface area contributed by atoms with Gasteiger partial charge in [-0.05, 0) is 47.0 Å². The first-order chi connectivity index (χ1) is 7.28. The third-order valence-corrected chi connectivity index (χ3v) is 3.01. The zero-order valence-electron chi connectivity index (χ0n) is 10.7. The highest BCUT2D eigenvalue weighted by molar-refractivity contribution is 5.69. The Bertz CT molecular complexity index is 259. The van der Waals surface area contributed by atoms with Crippen LogP contribution in [0.25, 0.3) is 0 Å². The summed E-state index contributed by atoms with van der Waals surface area (Å²) < 4.78 is 5.37. The van der Waals surface area contributed by atoms with Crippen molar-refractivity contribution in [1.29, 1.82) is 0 Å². The highest BCUT2D eigenvalue weighted by atomic mass is 16.6. The summed E-state index contributed by atoms with van der Waals surface area (Å²) in [5.41, 5.74) is -0.698. The van der Waals surface area contributed by atoms with E-state index in [1.54, 1.807) is 4.90 Å². The van der Waals surface area contributed by atoms with E-state index in [-0.39, 0.29) is 18.2 Å². The van der Waals surface area contributed by atoms with Crippen molar-refractivity contribution in [2.75, 3.05) is 13.2 Å². The zero-order chi connectivity index (χ0) is 12.4. The van der Waals surface area contributed by atoms with Gasteiger partial charge in [-0.25, -0.2) is 4.79 Å². The predicted molar refractivity (Wildman–Crippen MR) is 62.3 cm³/mol. The molecule has 4 heteroatoms. The molecule has 1 aliphatic rings. The Balaban J connectivity index is 2.68. The number of ether oxygens (including phenoxy) is 1. The average Bonchev–Trinajstić information content (AvgIpc) is 2.44. The van der Waals surface area contributed by atoms with Crippen LogP contribution in [0.3, 0.4) is 0 Å². The predicted octanol–water partition coefficient (Wildman–Crippen LogP) is 2.16. The fourth-order valence-corrected chi connectivity index (χ4v) is 2.15. The van der Waals surface area contributed by atoms with E-state index in [1.807, 2.05) is 27.7 Å². The Morgan fingerprint density at radius 3 is 2.62 bits per heavy atom. The van der Waals surface area contributed by atoms with Crippen molar-refractivity contribution < 1.29 is 14.6 Å². The van der Waals surface area contributed by atoms with Crippen LogP contribution in [0.4, 0.5) is 4.79 Å². The maximum absolute atomic E-state index is 12.0. The van der Waals surface area contributed by atoms with Crippen LogP contribution in [-0.4, -0.2) is 40.4 Å². The number of aliphatic hydroxyl groups excluding tert-OH is 1. The second kappa shape index (κ2) is 4.62. The van der Waals surface area contributed by atoms with Gasteiger partial charge in [0.15, 0.2) is 0 Å². The van der Waals surface area contributed by atoms with Crippen LogP contribution in [0.5, 0.6) is 0 Å². The van der Waals surface area contributed by atoms with E-state index in [1.165, 1.54) is 0 Å². The van der Waals surface area contributed by atoms with Gasteiger partial charge in [-0.3, -0.25) is 0 Å². The Morgan fingerprint density at radius 1 is 1.50 bits per heavy atom. The van der Waals surface area contributed by atoms with E-state index in [9.17, 15) is 4.79 Å². The molecular formula is C12H23NO3. The first kappa shape index (κ1) is 13.3. The molecule has 0 radical (unpaired) electrons. The standard InChI is InChI=1S/C12H23NO3/c1-11(2,3)16-10(15)13-8-5-6-12(13,4)7-9-14/h14H,5-9H2,1-4H3. The summed E-state index contributed by atoms with van der Waals surface area (Å²) in [6.07, 6.45) is 2.27. The number of aliphatic hydroxyl groups is 1. The fraction of sp³-hybridized carbons (Fsp3) is 0.917. The number of hydrogen-bond donors (Lipinski definition) is 1. The zero-order valence-corrected chi connectivity index (χ0v) is 10.7. The highest BCUT2D eigenvalue weighted by Gasteiger charge is 2.40. The van der Waals surface area contributed by atoms with E-state index < -0.39 is 5.60 Å². The summed E-state index contributed by atoms with van der Waals surface area (Å²) in [6, 6.07) is 0. The largest absolute Gasteiger partial charge is 0.444 e. The lowest BCUT2D eigenvalue weighted by molar-refractivity contribution is 0.00700. The maximum Gasteiger partial charge on any atom is 0.410 e. The molecule has 1 amide bonds. The van der Waals surface area contributed by atoms with Crippen molar-refractivity contribution in [3.63, 3.8) is 0 Å². The minimum Gasteiger partial charge on any atom is -0.444 e. The van der Waals surface area contributed by atoms with Crippen molar-refractivity contribution in [3.05, 3.63) is 0 Å². The molecule has 16 heavy (non-hydrogen) atoms. The number of carbonyl (C=O) groups excluding carboxylic acids is 1. The summed E-state index contributed by atoms with van der Waals surface area (Å²) in [4.78, 5) is 13.7. The Hall–Kier alpha value is -0.770. The van der Waals surface area contributed by atoms with E-state index in [0.29, 0.717) is 6.42 Å². The molecule has 1 heterocycles. The molecule has 0 aromatic heterocycles. The molecule has 0 aromatic rings. The average molecular weight is 229 g/mol. The van der Waals surface area contributed by atoms with Gasteiger partial charge in [-0.15, -0.1) is 0 Å². The molecule has 1 N–H and O–H groups in total. The van der Waals surface area contributed by atoms with E-state index in [4.69, 9.17) is 9.84 Å². The van der Waals surface area contributed by atoms with Crippen molar-refractivity contribution in [2.24, 2.45) is 0 Å². The summed E-state index contributed by atoms with van der Waals surface area (Å²) in [6.45, 7) is 8.44. The Labute approximate surface area is 97.6 Å². The van der Waals surface area contributed by atoms with Crippen LogP contribution >= 0.6 is 0 Å². The van der Waals surface area contributed by atoms with Crippen molar-refractivity contribution in [3.8, 4) is 0 Å². The summed E-state index contributed by atoms with van der Waals surface area (Å²) in [5.74, 6) is 0. The second-order valence-electron chi connectivity index (χ2n) is 5.71. The highest BCUT2D eigenvalue weighted by Crippen LogP contribution is 2.33. The van der Waals surface area contributed by atoms with E-state index in [0.717, 1.165) is 19.4 Å². The number of rotatable bonds is 2. The van der Waals surface area contributed by atoms with Crippen LogP contribution in [0.15, 0.2) is 0 Å². The lowest BCUT2D eigenvalue weighted by Crippen LogP contribution is -2.47. The Kier molecular flexibility index (Phi) is 3.84. The van der Waals surface area contributed by atoms with Gasteiger partial charge >= 0.3 is 6.09 Å². The smallest absolute Gasteiger partial charge is 0.410 e. The lowest BCUT2D eigenvalue weighted by atomic mass is 9.95. The Morgan fingerprint density at radius 2 is 2.12 bits per heavy atom. The summed E-state index contributed by atoms with van der Waals surface area (Å²) in [5, 5.41) is 9.05. The van der Waals surface area contributed by atoms with E-state index in [2.05, 4.69) is 0 Å². The van der Waals surface area contributed by atoms with Gasteiger partial charge in [0.2, 0.25) is 0 Å². The molecule has 0 bridgehead atoms. The molecule has 1 atom stereocenters. The van der Waals surface area contributed by atoms with Gasteiger partial charge in [0.25, 0.3) is 0 Å². The molecule has 1 aliphatic heterocycles. The summed E-state index contributed by atoms with van der Waals surface area (Å²) >= 11 is 0. The molecule has 0 aliphatic carbocycles. The molecule has 0 saturated carbocycles. The molecule has 1 fully saturated rings. The monoisotopic (exact) mass is 229 g/mol. The molecule has 0 aromatic carbocycles. The molecule has 0 spiro atoms. The quantitative estimate of drug-likeness (QED) is 0.789. The molecule has 94 valence electrons. The fourth-order valence-electron chi connectivity index (χ4n) is 2.15.